The average molecular weight is 283 g/mol. The van der Waals surface area contributed by atoms with Gasteiger partial charge < -0.3 is 0 Å². The van der Waals surface area contributed by atoms with Crippen LogP contribution in [0.15, 0.2) is 24.5 Å². The highest BCUT2D eigenvalue weighted by Gasteiger charge is 2.23. The second-order valence-corrected chi connectivity index (χ2v) is 5.39. The highest BCUT2D eigenvalue weighted by molar-refractivity contribution is 5.85. The van der Waals surface area contributed by atoms with Crippen molar-refractivity contribution >= 4 is 12.4 Å². The van der Waals surface area contributed by atoms with E-state index in [2.05, 4.69) is 35.1 Å². The van der Waals surface area contributed by atoms with Crippen LogP contribution in [0.4, 0.5) is 0 Å². The molecule has 0 bridgehead atoms. The molecule has 108 valence electrons. The Kier molecular flexibility index (Phi) is 8.08. The zero-order valence-corrected chi connectivity index (χ0v) is 12.9. The molecular formula is C16H27ClN2. The van der Waals surface area contributed by atoms with Gasteiger partial charge in [0.25, 0.3) is 0 Å². The Bertz CT molecular complexity index is 329. The summed E-state index contributed by atoms with van der Waals surface area (Å²) in [6.07, 6.45) is 13.4. The van der Waals surface area contributed by atoms with Gasteiger partial charge in [0, 0.05) is 18.4 Å². The SMILES string of the molecule is CCCCCCN1CCCC[C@H]1c1cccnc1.Cl. The number of likely N-dealkylation sites (tertiary alicyclic amines) is 1. The number of aromatic nitrogens is 1. The van der Waals surface area contributed by atoms with Crippen LogP contribution in [0, 0.1) is 0 Å². The Labute approximate surface area is 124 Å². The summed E-state index contributed by atoms with van der Waals surface area (Å²) < 4.78 is 0. The smallest absolute Gasteiger partial charge is 0.0363 e. The molecule has 2 rings (SSSR count). The monoisotopic (exact) mass is 282 g/mol. The largest absolute Gasteiger partial charge is 0.296 e. The number of piperidine rings is 1. The molecule has 2 nitrogen and oxygen atoms in total. The maximum atomic E-state index is 4.28. The first kappa shape index (κ1) is 16.5. The van der Waals surface area contributed by atoms with Gasteiger partial charge in [-0.25, -0.2) is 0 Å². The summed E-state index contributed by atoms with van der Waals surface area (Å²) in [6.45, 7) is 4.81. The van der Waals surface area contributed by atoms with Crippen molar-refractivity contribution in [1.82, 2.24) is 9.88 Å². The zero-order valence-electron chi connectivity index (χ0n) is 12.1. The summed E-state index contributed by atoms with van der Waals surface area (Å²) in [5, 5.41) is 0. The minimum atomic E-state index is 0. The fourth-order valence-electron chi connectivity index (χ4n) is 2.95. The lowest BCUT2D eigenvalue weighted by Gasteiger charge is -2.36. The Balaban J connectivity index is 0.00000180. The highest BCUT2D eigenvalue weighted by atomic mass is 35.5. The van der Waals surface area contributed by atoms with Gasteiger partial charge >= 0.3 is 0 Å². The van der Waals surface area contributed by atoms with E-state index in [4.69, 9.17) is 0 Å². The van der Waals surface area contributed by atoms with Crippen molar-refractivity contribution in [1.29, 1.82) is 0 Å². The lowest BCUT2D eigenvalue weighted by molar-refractivity contribution is 0.145. The standard InChI is InChI=1S/C16H26N2.ClH/c1-2-3-4-6-12-18-13-7-5-10-16(18)15-9-8-11-17-14-15;/h8-9,11,14,16H,2-7,10,12-13H2,1H3;1H/t16-;/m0./s1. The Morgan fingerprint density at radius 3 is 2.89 bits per heavy atom. The summed E-state index contributed by atoms with van der Waals surface area (Å²) in [5.41, 5.74) is 1.41. The number of pyridine rings is 1. The molecule has 0 amide bonds. The molecule has 1 aromatic heterocycles. The zero-order chi connectivity index (χ0) is 12.6. The van der Waals surface area contributed by atoms with Gasteiger partial charge in [-0.1, -0.05) is 38.7 Å². The van der Waals surface area contributed by atoms with Gasteiger partial charge in [0.2, 0.25) is 0 Å². The minimum Gasteiger partial charge on any atom is -0.296 e. The topological polar surface area (TPSA) is 16.1 Å². The molecule has 1 atom stereocenters. The number of hydrogen-bond acceptors (Lipinski definition) is 2. The predicted octanol–water partition coefficient (Wildman–Crippen LogP) is 4.61. The van der Waals surface area contributed by atoms with E-state index in [0.717, 1.165) is 0 Å². The van der Waals surface area contributed by atoms with E-state index in [9.17, 15) is 0 Å². The van der Waals surface area contributed by atoms with Gasteiger partial charge in [0.1, 0.15) is 0 Å². The normalized spacial score (nSPS) is 19.9. The molecule has 1 saturated heterocycles. The van der Waals surface area contributed by atoms with Crippen molar-refractivity contribution < 1.29 is 0 Å². The van der Waals surface area contributed by atoms with Gasteiger partial charge in [-0.2, -0.15) is 0 Å². The number of nitrogens with zero attached hydrogens (tertiary/aromatic N) is 2. The molecule has 0 saturated carbocycles. The number of unbranched alkanes of at least 4 members (excludes halogenated alkanes) is 3. The van der Waals surface area contributed by atoms with Gasteiger partial charge in [-0.15, -0.1) is 12.4 Å². The van der Waals surface area contributed by atoms with Gasteiger partial charge in [-0.3, -0.25) is 9.88 Å². The maximum absolute atomic E-state index is 4.28. The third-order valence-corrected chi connectivity index (χ3v) is 3.98. The molecule has 1 aliphatic rings. The Morgan fingerprint density at radius 1 is 1.26 bits per heavy atom. The molecule has 0 unspecified atom stereocenters. The van der Waals surface area contributed by atoms with E-state index in [1.165, 1.54) is 63.6 Å². The highest BCUT2D eigenvalue weighted by Crippen LogP contribution is 2.30. The molecule has 0 aromatic carbocycles. The molecule has 19 heavy (non-hydrogen) atoms. The summed E-state index contributed by atoms with van der Waals surface area (Å²) in [6, 6.07) is 4.93. The fourth-order valence-corrected chi connectivity index (χ4v) is 2.95. The van der Waals surface area contributed by atoms with Crippen LogP contribution in [0.2, 0.25) is 0 Å². The van der Waals surface area contributed by atoms with Gasteiger partial charge in [0.15, 0.2) is 0 Å². The first-order chi connectivity index (χ1) is 8.92. The van der Waals surface area contributed by atoms with Crippen molar-refractivity contribution in [3.63, 3.8) is 0 Å². The Morgan fingerprint density at radius 2 is 2.16 bits per heavy atom. The summed E-state index contributed by atoms with van der Waals surface area (Å²) in [7, 11) is 0. The van der Waals surface area contributed by atoms with Crippen molar-refractivity contribution in [2.75, 3.05) is 13.1 Å². The van der Waals surface area contributed by atoms with Crippen LogP contribution >= 0.6 is 12.4 Å². The maximum Gasteiger partial charge on any atom is 0.0363 e. The first-order valence-electron chi connectivity index (χ1n) is 7.56. The van der Waals surface area contributed by atoms with E-state index >= 15 is 0 Å². The Hall–Kier alpha value is -0.600. The van der Waals surface area contributed by atoms with E-state index in [-0.39, 0.29) is 12.4 Å². The van der Waals surface area contributed by atoms with Crippen LogP contribution in [0.25, 0.3) is 0 Å². The van der Waals surface area contributed by atoms with Crippen molar-refractivity contribution in [3.8, 4) is 0 Å². The quantitative estimate of drug-likeness (QED) is 0.708. The molecule has 0 aliphatic carbocycles. The molecule has 2 heterocycles. The van der Waals surface area contributed by atoms with E-state index in [0.29, 0.717) is 6.04 Å². The third kappa shape index (κ3) is 5.12. The molecule has 0 radical (unpaired) electrons. The number of rotatable bonds is 6. The molecule has 0 spiro atoms. The summed E-state index contributed by atoms with van der Waals surface area (Å²) in [5.74, 6) is 0. The van der Waals surface area contributed by atoms with Crippen molar-refractivity contribution in [3.05, 3.63) is 30.1 Å². The molecule has 1 aromatic rings. The van der Waals surface area contributed by atoms with Crippen molar-refractivity contribution in [2.45, 2.75) is 57.9 Å². The van der Waals surface area contributed by atoms with Gasteiger partial charge in [-0.05, 0) is 44.0 Å². The first-order valence-corrected chi connectivity index (χ1v) is 7.56. The second kappa shape index (κ2) is 9.33. The predicted molar refractivity (Wildman–Crippen MR) is 83.8 cm³/mol. The molecule has 0 N–H and O–H groups in total. The van der Waals surface area contributed by atoms with E-state index in [1.54, 1.807) is 0 Å². The van der Waals surface area contributed by atoms with Crippen LogP contribution in [-0.2, 0) is 0 Å². The van der Waals surface area contributed by atoms with Crippen LogP contribution < -0.4 is 0 Å². The average Bonchev–Trinajstić information content (AvgIpc) is 2.45. The van der Waals surface area contributed by atoms with Crippen LogP contribution in [0.1, 0.15) is 63.5 Å². The second-order valence-electron chi connectivity index (χ2n) is 5.39. The lowest BCUT2D eigenvalue weighted by atomic mass is 9.96. The fraction of sp³-hybridized carbons (Fsp3) is 0.688. The lowest BCUT2D eigenvalue weighted by Crippen LogP contribution is -2.34. The third-order valence-electron chi connectivity index (χ3n) is 3.98. The van der Waals surface area contributed by atoms with Crippen LogP contribution in [0.5, 0.6) is 0 Å². The van der Waals surface area contributed by atoms with Gasteiger partial charge in [0.05, 0.1) is 0 Å². The number of hydrogen-bond donors (Lipinski definition) is 0. The minimum absolute atomic E-state index is 0. The van der Waals surface area contributed by atoms with Crippen LogP contribution in [-0.4, -0.2) is 23.0 Å². The number of halogens is 1. The van der Waals surface area contributed by atoms with E-state index < -0.39 is 0 Å². The van der Waals surface area contributed by atoms with Crippen LogP contribution in [0.3, 0.4) is 0 Å². The molecule has 1 aliphatic heterocycles. The molecule has 1 fully saturated rings. The van der Waals surface area contributed by atoms with Crippen molar-refractivity contribution in [2.24, 2.45) is 0 Å². The van der Waals surface area contributed by atoms with E-state index in [1.807, 2.05) is 6.20 Å². The summed E-state index contributed by atoms with van der Waals surface area (Å²) >= 11 is 0. The molecular weight excluding hydrogens is 256 g/mol. The summed E-state index contributed by atoms with van der Waals surface area (Å²) in [4.78, 5) is 6.95. The molecule has 3 heteroatoms.